The number of rotatable bonds is 5. The molecule has 0 spiro atoms. The van der Waals surface area contributed by atoms with Crippen LogP contribution in [-0.4, -0.2) is 43.6 Å². The highest BCUT2D eigenvalue weighted by Crippen LogP contribution is 2.28. The van der Waals surface area contributed by atoms with Gasteiger partial charge in [-0.1, -0.05) is 6.07 Å². The Balaban J connectivity index is 2.27. The molecule has 0 saturated carbocycles. The Morgan fingerprint density at radius 1 is 1.19 bits per heavy atom. The molecule has 0 aromatic heterocycles. The van der Waals surface area contributed by atoms with Crippen LogP contribution in [0.4, 0.5) is 0 Å². The number of carbonyl (C=O) groups is 3. The van der Waals surface area contributed by atoms with Crippen LogP contribution >= 0.6 is 0 Å². The zero-order chi connectivity index (χ0) is 19.9. The highest BCUT2D eigenvalue weighted by atomic mass is 32.2. The lowest BCUT2D eigenvalue weighted by molar-refractivity contribution is -0.155. The van der Waals surface area contributed by atoms with Crippen LogP contribution in [0.2, 0.25) is 0 Å². The maximum absolute atomic E-state index is 12.5. The van der Waals surface area contributed by atoms with Crippen molar-refractivity contribution in [1.82, 2.24) is 4.90 Å². The van der Waals surface area contributed by atoms with Crippen LogP contribution in [0, 0.1) is 0 Å². The number of imide groups is 1. The van der Waals surface area contributed by atoms with Crippen molar-refractivity contribution >= 4 is 29.1 Å². The van der Waals surface area contributed by atoms with Crippen molar-refractivity contribution in [2.75, 3.05) is 6.54 Å². The third-order valence-corrected chi connectivity index (χ3v) is 3.97. The van der Waals surface area contributed by atoms with E-state index in [4.69, 9.17) is 10.5 Å². The summed E-state index contributed by atoms with van der Waals surface area (Å²) in [6.07, 6.45) is 0. The molecule has 2 rings (SSSR count). The standard InChI is InChI=1S/C16H20N2O7S/c1-15(2,3)24-12(19)8-18-13(20)10-6-5-9(7-11(10)14(18)21)16(4,17)25-26(22)23/h5-7H,8,17H2,1-4H3,(H,22,23)/p-1. The molecule has 2 atom stereocenters. The summed E-state index contributed by atoms with van der Waals surface area (Å²) in [7, 11) is 0. The van der Waals surface area contributed by atoms with Gasteiger partial charge in [-0.2, -0.15) is 0 Å². The van der Waals surface area contributed by atoms with E-state index in [0.717, 1.165) is 4.90 Å². The lowest BCUT2D eigenvalue weighted by atomic mass is 10.00. The van der Waals surface area contributed by atoms with E-state index in [1.54, 1.807) is 20.8 Å². The number of amides is 2. The van der Waals surface area contributed by atoms with E-state index in [-0.39, 0.29) is 16.7 Å². The molecular weight excluding hydrogens is 364 g/mol. The Labute approximate surface area is 152 Å². The van der Waals surface area contributed by atoms with Gasteiger partial charge in [0.25, 0.3) is 11.8 Å². The predicted molar refractivity (Wildman–Crippen MR) is 89.2 cm³/mol. The molecule has 10 heteroatoms. The molecule has 2 unspecified atom stereocenters. The van der Waals surface area contributed by atoms with Gasteiger partial charge in [0.05, 0.1) is 22.5 Å². The summed E-state index contributed by atoms with van der Waals surface area (Å²) in [4.78, 5) is 37.6. The van der Waals surface area contributed by atoms with Crippen LogP contribution in [0.5, 0.6) is 0 Å². The number of benzene rings is 1. The molecule has 1 aromatic rings. The second-order valence-corrected chi connectivity index (χ2v) is 7.51. The summed E-state index contributed by atoms with van der Waals surface area (Å²) in [6.45, 7) is 5.77. The maximum Gasteiger partial charge on any atom is 0.326 e. The molecule has 0 saturated heterocycles. The number of fused-ring (bicyclic) bond motifs is 1. The van der Waals surface area contributed by atoms with Crippen LogP contribution in [-0.2, 0) is 30.8 Å². The average Bonchev–Trinajstić information content (AvgIpc) is 2.69. The van der Waals surface area contributed by atoms with Crippen molar-refractivity contribution in [1.29, 1.82) is 0 Å². The molecule has 0 bridgehead atoms. The molecule has 0 aliphatic carbocycles. The molecule has 1 aliphatic rings. The Hall–Kier alpha value is -2.14. The van der Waals surface area contributed by atoms with Gasteiger partial charge in [-0.15, -0.1) is 0 Å². The fourth-order valence-corrected chi connectivity index (χ4v) is 2.81. The lowest BCUT2D eigenvalue weighted by Gasteiger charge is -2.26. The Morgan fingerprint density at radius 2 is 1.77 bits per heavy atom. The van der Waals surface area contributed by atoms with Gasteiger partial charge in [0.15, 0.2) is 5.72 Å². The van der Waals surface area contributed by atoms with Gasteiger partial charge in [0.2, 0.25) is 0 Å². The van der Waals surface area contributed by atoms with E-state index in [2.05, 4.69) is 4.18 Å². The normalized spacial score (nSPS) is 17.7. The van der Waals surface area contributed by atoms with Crippen LogP contribution in [0.3, 0.4) is 0 Å². The van der Waals surface area contributed by atoms with Crippen molar-refractivity contribution < 1.29 is 32.1 Å². The molecule has 2 N–H and O–H groups in total. The van der Waals surface area contributed by atoms with Gasteiger partial charge < -0.3 is 9.29 Å². The Kier molecular flexibility index (Phi) is 5.34. The highest BCUT2D eigenvalue weighted by molar-refractivity contribution is 7.74. The molecule has 0 radical (unpaired) electrons. The highest BCUT2D eigenvalue weighted by Gasteiger charge is 2.39. The van der Waals surface area contributed by atoms with Crippen molar-refractivity contribution in [2.24, 2.45) is 5.73 Å². The number of nitrogens with two attached hydrogens (primary N) is 1. The van der Waals surface area contributed by atoms with Crippen molar-refractivity contribution in [3.8, 4) is 0 Å². The van der Waals surface area contributed by atoms with Crippen LogP contribution < -0.4 is 5.73 Å². The smallest absolute Gasteiger partial charge is 0.326 e. The predicted octanol–water partition coefficient (Wildman–Crippen LogP) is 0.566. The zero-order valence-corrected chi connectivity index (χ0v) is 15.5. The number of ether oxygens (including phenoxy) is 1. The minimum Gasteiger partial charge on any atom is -0.750 e. The molecule has 2 amide bonds. The quantitative estimate of drug-likeness (QED) is 0.337. The summed E-state index contributed by atoms with van der Waals surface area (Å²) >= 11 is -2.87. The number of hydrogen-bond donors (Lipinski definition) is 1. The summed E-state index contributed by atoms with van der Waals surface area (Å²) in [5.41, 5.74) is 3.60. The fourth-order valence-electron chi connectivity index (χ4n) is 2.44. The molecule has 9 nitrogen and oxygen atoms in total. The molecule has 1 heterocycles. The van der Waals surface area contributed by atoms with E-state index in [9.17, 15) is 23.1 Å². The molecule has 142 valence electrons. The van der Waals surface area contributed by atoms with Crippen molar-refractivity contribution in [3.05, 3.63) is 34.9 Å². The SMILES string of the molecule is CC(C)(C)OC(=O)CN1C(=O)c2ccc(C(C)(N)OS(=O)[O-])cc2C1=O. The summed E-state index contributed by atoms with van der Waals surface area (Å²) in [5.74, 6) is -2.06. The summed E-state index contributed by atoms with van der Waals surface area (Å²) in [6, 6.07) is 3.99. The Bertz CT molecular complexity index is 798. The van der Waals surface area contributed by atoms with E-state index in [0.29, 0.717) is 0 Å². The first-order valence-electron chi connectivity index (χ1n) is 7.62. The molecule has 1 aromatic carbocycles. The first-order valence-corrected chi connectivity index (χ1v) is 8.62. The minimum absolute atomic E-state index is 0.00742. The topological polar surface area (TPSA) is 139 Å². The fraction of sp³-hybridized carbons (Fsp3) is 0.438. The molecule has 26 heavy (non-hydrogen) atoms. The number of esters is 1. The minimum atomic E-state index is -2.87. The van der Waals surface area contributed by atoms with Gasteiger partial charge in [0, 0.05) is 5.56 Å². The summed E-state index contributed by atoms with van der Waals surface area (Å²) in [5, 5.41) is 0. The number of nitrogens with zero attached hydrogens (tertiary/aromatic N) is 1. The van der Waals surface area contributed by atoms with E-state index in [1.807, 2.05) is 0 Å². The second kappa shape index (κ2) is 6.88. The van der Waals surface area contributed by atoms with E-state index >= 15 is 0 Å². The van der Waals surface area contributed by atoms with Crippen molar-refractivity contribution in [2.45, 2.75) is 39.0 Å². The third kappa shape index (κ3) is 4.33. The average molecular weight is 383 g/mol. The molecule has 0 fully saturated rings. The van der Waals surface area contributed by atoms with Crippen LogP contribution in [0.1, 0.15) is 54.0 Å². The number of carbonyl (C=O) groups excluding carboxylic acids is 3. The van der Waals surface area contributed by atoms with E-state index in [1.165, 1.54) is 25.1 Å². The number of hydrogen-bond acceptors (Lipinski definition) is 8. The lowest BCUT2D eigenvalue weighted by Crippen LogP contribution is -2.38. The zero-order valence-electron chi connectivity index (χ0n) is 14.7. The molecular formula is C16H19N2O7S-. The summed E-state index contributed by atoms with van der Waals surface area (Å²) < 4.78 is 31.2. The largest absolute Gasteiger partial charge is 0.750 e. The first kappa shape index (κ1) is 20.2. The van der Waals surface area contributed by atoms with E-state index < -0.39 is 47.0 Å². The Morgan fingerprint density at radius 3 is 2.31 bits per heavy atom. The monoisotopic (exact) mass is 383 g/mol. The van der Waals surface area contributed by atoms with Gasteiger partial charge >= 0.3 is 5.97 Å². The van der Waals surface area contributed by atoms with Gasteiger partial charge in [-0.05, 0) is 39.8 Å². The molecule has 1 aliphatic heterocycles. The second-order valence-electron chi connectivity index (χ2n) is 6.94. The maximum atomic E-state index is 12.5. The third-order valence-electron chi connectivity index (χ3n) is 3.49. The van der Waals surface area contributed by atoms with Gasteiger partial charge in [0.1, 0.15) is 12.1 Å². The van der Waals surface area contributed by atoms with Gasteiger partial charge in [-0.25, -0.2) is 4.21 Å². The van der Waals surface area contributed by atoms with Gasteiger partial charge in [-0.3, -0.25) is 29.2 Å². The first-order chi connectivity index (χ1) is 11.8. The van der Waals surface area contributed by atoms with Crippen LogP contribution in [0.25, 0.3) is 0 Å². The van der Waals surface area contributed by atoms with Crippen LogP contribution in [0.15, 0.2) is 18.2 Å². The van der Waals surface area contributed by atoms with Crippen molar-refractivity contribution in [3.63, 3.8) is 0 Å².